The third kappa shape index (κ3) is 3.40. The van der Waals surface area contributed by atoms with Crippen molar-refractivity contribution in [3.8, 4) is 0 Å². The van der Waals surface area contributed by atoms with Crippen molar-refractivity contribution >= 4 is 43.4 Å². The van der Waals surface area contributed by atoms with E-state index in [1.807, 2.05) is 0 Å². The maximum atomic E-state index is 12.3. The van der Waals surface area contributed by atoms with Crippen molar-refractivity contribution in [1.29, 1.82) is 0 Å². The van der Waals surface area contributed by atoms with Crippen LogP contribution in [0.15, 0.2) is 27.6 Å². The van der Waals surface area contributed by atoms with Gasteiger partial charge in [0.2, 0.25) is 10.0 Å². The molecule has 0 radical (unpaired) electrons. The van der Waals surface area contributed by atoms with Gasteiger partial charge in [-0.25, -0.2) is 13.1 Å². The first kappa shape index (κ1) is 14.2. The minimum Gasteiger partial charge on any atom is -0.398 e. The van der Waals surface area contributed by atoms with Crippen molar-refractivity contribution in [3.05, 3.63) is 22.7 Å². The van der Waals surface area contributed by atoms with E-state index < -0.39 is 10.0 Å². The standard InChI is InChI=1S/C11H15BrN2O2S2/c12-8-3-4-10(13)11(6-8)18(15,16)14-9-2-1-5-17-7-9/h3-4,6,9,14H,1-2,5,7,13H2. The smallest absolute Gasteiger partial charge is 0.242 e. The highest BCUT2D eigenvalue weighted by Gasteiger charge is 2.23. The molecule has 1 aliphatic rings. The number of nitrogens with one attached hydrogen (secondary N) is 1. The quantitative estimate of drug-likeness (QED) is 0.819. The lowest BCUT2D eigenvalue weighted by molar-refractivity contribution is 0.543. The maximum absolute atomic E-state index is 12.3. The van der Waals surface area contributed by atoms with Crippen LogP contribution in [0.3, 0.4) is 0 Å². The van der Waals surface area contributed by atoms with Gasteiger partial charge < -0.3 is 5.73 Å². The third-order valence-corrected chi connectivity index (χ3v) is 6.03. The second-order valence-electron chi connectivity index (χ2n) is 4.22. The highest BCUT2D eigenvalue weighted by molar-refractivity contribution is 9.10. The maximum Gasteiger partial charge on any atom is 0.242 e. The zero-order chi connectivity index (χ0) is 13.2. The summed E-state index contributed by atoms with van der Waals surface area (Å²) in [4.78, 5) is 0.146. The molecular formula is C11H15BrN2O2S2. The number of halogens is 1. The van der Waals surface area contributed by atoms with Gasteiger partial charge in [0.15, 0.2) is 0 Å². The summed E-state index contributed by atoms with van der Waals surface area (Å²) in [5.41, 5.74) is 6.01. The van der Waals surface area contributed by atoms with E-state index in [-0.39, 0.29) is 16.6 Å². The molecule has 1 aromatic carbocycles. The van der Waals surface area contributed by atoms with E-state index in [9.17, 15) is 8.42 Å². The minimum absolute atomic E-state index is 0.00660. The predicted octanol–water partition coefficient (Wildman–Crippen LogP) is 2.21. The highest BCUT2D eigenvalue weighted by atomic mass is 79.9. The molecule has 0 aliphatic carbocycles. The molecule has 7 heteroatoms. The Morgan fingerprint density at radius 2 is 2.22 bits per heavy atom. The molecule has 0 bridgehead atoms. The molecular weight excluding hydrogens is 336 g/mol. The average molecular weight is 351 g/mol. The van der Waals surface area contributed by atoms with E-state index >= 15 is 0 Å². The number of nitrogens with two attached hydrogens (primary N) is 1. The second-order valence-corrected chi connectivity index (χ2v) is 7.97. The SMILES string of the molecule is Nc1ccc(Br)cc1S(=O)(=O)NC1CCCSC1. The number of benzene rings is 1. The van der Waals surface area contributed by atoms with Gasteiger partial charge in [-0.15, -0.1) is 0 Å². The normalized spacial score (nSPS) is 20.8. The fourth-order valence-corrected chi connectivity index (χ4v) is 4.98. The van der Waals surface area contributed by atoms with Crippen LogP contribution in [0, 0.1) is 0 Å². The summed E-state index contributed by atoms with van der Waals surface area (Å²) < 4.78 is 27.9. The van der Waals surface area contributed by atoms with Gasteiger partial charge in [0, 0.05) is 16.3 Å². The Hall–Kier alpha value is -0.240. The number of thioether (sulfide) groups is 1. The van der Waals surface area contributed by atoms with E-state index in [0.29, 0.717) is 4.47 Å². The van der Waals surface area contributed by atoms with Crippen molar-refractivity contribution in [2.45, 2.75) is 23.8 Å². The van der Waals surface area contributed by atoms with Gasteiger partial charge in [-0.3, -0.25) is 0 Å². The first-order chi connectivity index (χ1) is 8.49. The fraction of sp³-hybridized carbons (Fsp3) is 0.455. The number of anilines is 1. The molecule has 1 saturated heterocycles. The van der Waals surface area contributed by atoms with Gasteiger partial charge in [-0.2, -0.15) is 11.8 Å². The van der Waals surface area contributed by atoms with E-state index in [0.717, 1.165) is 24.3 Å². The van der Waals surface area contributed by atoms with E-state index in [4.69, 9.17) is 5.73 Å². The van der Waals surface area contributed by atoms with Crippen LogP contribution in [0.1, 0.15) is 12.8 Å². The van der Waals surface area contributed by atoms with Crippen LogP contribution in [0.25, 0.3) is 0 Å². The van der Waals surface area contributed by atoms with Crippen LogP contribution in [0.5, 0.6) is 0 Å². The second kappa shape index (κ2) is 5.81. The van der Waals surface area contributed by atoms with Crippen molar-refractivity contribution < 1.29 is 8.42 Å². The predicted molar refractivity (Wildman–Crippen MR) is 79.2 cm³/mol. The molecule has 0 spiro atoms. The van der Waals surface area contributed by atoms with Crippen LogP contribution in [0.2, 0.25) is 0 Å². The molecule has 0 amide bonds. The topological polar surface area (TPSA) is 72.2 Å². The number of hydrogen-bond acceptors (Lipinski definition) is 4. The molecule has 1 aromatic rings. The monoisotopic (exact) mass is 350 g/mol. The Bertz CT molecular complexity index is 528. The molecule has 0 aromatic heterocycles. The Labute approximate surface area is 120 Å². The van der Waals surface area contributed by atoms with E-state index in [1.54, 1.807) is 23.9 Å². The van der Waals surface area contributed by atoms with Gasteiger partial charge in [-0.05, 0) is 36.8 Å². The molecule has 1 aliphatic heterocycles. The summed E-state index contributed by atoms with van der Waals surface area (Å²) >= 11 is 5.04. The zero-order valence-electron chi connectivity index (χ0n) is 9.73. The van der Waals surface area contributed by atoms with Gasteiger partial charge in [-0.1, -0.05) is 15.9 Å². The van der Waals surface area contributed by atoms with Crippen LogP contribution >= 0.6 is 27.7 Å². The third-order valence-electron chi connectivity index (χ3n) is 2.75. The van der Waals surface area contributed by atoms with Crippen LogP contribution in [-0.2, 0) is 10.0 Å². The molecule has 0 saturated carbocycles. The van der Waals surface area contributed by atoms with Crippen LogP contribution < -0.4 is 10.5 Å². The van der Waals surface area contributed by atoms with Crippen molar-refractivity contribution in [1.82, 2.24) is 4.72 Å². The molecule has 18 heavy (non-hydrogen) atoms. The Balaban J connectivity index is 2.21. The van der Waals surface area contributed by atoms with Crippen LogP contribution in [-0.4, -0.2) is 26.0 Å². The summed E-state index contributed by atoms with van der Waals surface area (Å²) in [5.74, 6) is 1.93. The van der Waals surface area contributed by atoms with Crippen LogP contribution in [0.4, 0.5) is 5.69 Å². The molecule has 1 unspecified atom stereocenters. The Morgan fingerprint density at radius 3 is 2.89 bits per heavy atom. The molecule has 2 rings (SSSR count). The van der Waals surface area contributed by atoms with Gasteiger partial charge in [0.25, 0.3) is 0 Å². The molecule has 1 heterocycles. The van der Waals surface area contributed by atoms with Gasteiger partial charge in [0.05, 0.1) is 5.69 Å². The first-order valence-corrected chi connectivity index (χ1v) is 9.07. The van der Waals surface area contributed by atoms with Crippen molar-refractivity contribution in [2.75, 3.05) is 17.2 Å². The van der Waals surface area contributed by atoms with E-state index in [2.05, 4.69) is 20.7 Å². The lowest BCUT2D eigenvalue weighted by atomic mass is 10.2. The van der Waals surface area contributed by atoms with Gasteiger partial charge >= 0.3 is 0 Å². The first-order valence-electron chi connectivity index (χ1n) is 5.64. The van der Waals surface area contributed by atoms with E-state index in [1.165, 1.54) is 6.07 Å². The highest BCUT2D eigenvalue weighted by Crippen LogP contribution is 2.24. The number of rotatable bonds is 3. The zero-order valence-corrected chi connectivity index (χ0v) is 12.9. The fourth-order valence-electron chi connectivity index (χ4n) is 1.86. The summed E-state index contributed by atoms with van der Waals surface area (Å²) in [6.45, 7) is 0. The minimum atomic E-state index is -3.53. The number of hydrogen-bond donors (Lipinski definition) is 2. The van der Waals surface area contributed by atoms with Crippen molar-refractivity contribution in [2.24, 2.45) is 0 Å². The number of sulfonamides is 1. The number of nitrogen functional groups attached to an aromatic ring is 1. The summed E-state index contributed by atoms with van der Waals surface area (Å²) in [6, 6.07) is 4.86. The lowest BCUT2D eigenvalue weighted by Gasteiger charge is -2.22. The molecule has 1 atom stereocenters. The molecule has 100 valence electrons. The summed E-state index contributed by atoms with van der Waals surface area (Å²) in [7, 11) is -3.53. The molecule has 1 fully saturated rings. The lowest BCUT2D eigenvalue weighted by Crippen LogP contribution is -2.38. The molecule has 4 nitrogen and oxygen atoms in total. The Morgan fingerprint density at radius 1 is 1.44 bits per heavy atom. The van der Waals surface area contributed by atoms with Crippen molar-refractivity contribution in [3.63, 3.8) is 0 Å². The summed E-state index contributed by atoms with van der Waals surface area (Å²) in [6.07, 6.45) is 1.94. The average Bonchev–Trinajstić information content (AvgIpc) is 2.33. The largest absolute Gasteiger partial charge is 0.398 e. The molecule has 3 N–H and O–H groups in total. The Kier molecular flexibility index (Phi) is 4.58. The van der Waals surface area contributed by atoms with Gasteiger partial charge in [0.1, 0.15) is 4.90 Å². The summed E-state index contributed by atoms with van der Waals surface area (Å²) in [5, 5.41) is 0.